The third kappa shape index (κ3) is 3.69. The Balaban J connectivity index is 1.33. The van der Waals surface area contributed by atoms with E-state index in [0.29, 0.717) is 6.42 Å². The summed E-state index contributed by atoms with van der Waals surface area (Å²) in [6.07, 6.45) is 5.80. The van der Waals surface area contributed by atoms with Crippen LogP contribution in [0.4, 0.5) is 5.82 Å². The molecule has 1 aliphatic rings. The molecular formula is C21H26N6O. The number of amides is 1. The van der Waals surface area contributed by atoms with Crippen molar-refractivity contribution in [3.63, 3.8) is 0 Å². The number of nitrogens with zero attached hydrogens (tertiary/aromatic N) is 6. The molecule has 4 rings (SSSR count). The van der Waals surface area contributed by atoms with E-state index in [1.165, 1.54) is 11.1 Å². The number of hydrogen-bond donors (Lipinski definition) is 0. The fraction of sp³-hybridized carbons (Fsp3) is 0.429. The van der Waals surface area contributed by atoms with Gasteiger partial charge in [0.2, 0.25) is 5.91 Å². The largest absolute Gasteiger partial charge is 0.352 e. The van der Waals surface area contributed by atoms with Crippen molar-refractivity contribution in [1.29, 1.82) is 0 Å². The van der Waals surface area contributed by atoms with Crippen LogP contribution in [0.25, 0.3) is 11.0 Å². The van der Waals surface area contributed by atoms with Gasteiger partial charge in [-0.15, -0.1) is 0 Å². The van der Waals surface area contributed by atoms with E-state index in [2.05, 4.69) is 51.2 Å². The predicted octanol–water partition coefficient (Wildman–Crippen LogP) is 2.21. The first-order chi connectivity index (χ1) is 13.7. The summed E-state index contributed by atoms with van der Waals surface area (Å²) < 4.78 is 1.76. The molecule has 0 radical (unpaired) electrons. The predicted molar refractivity (Wildman–Crippen MR) is 109 cm³/mol. The molecule has 7 heteroatoms. The molecule has 0 atom stereocenters. The molecule has 0 unspecified atom stereocenters. The van der Waals surface area contributed by atoms with Crippen LogP contribution in [0.1, 0.15) is 24.5 Å². The minimum atomic E-state index is 0.230. The van der Waals surface area contributed by atoms with Crippen LogP contribution in [-0.2, 0) is 24.7 Å². The van der Waals surface area contributed by atoms with E-state index < -0.39 is 0 Å². The molecule has 7 nitrogen and oxygen atoms in total. The number of anilines is 1. The molecule has 2 aromatic heterocycles. The van der Waals surface area contributed by atoms with Gasteiger partial charge in [0.1, 0.15) is 12.1 Å². The van der Waals surface area contributed by atoms with Gasteiger partial charge in [-0.25, -0.2) is 9.97 Å². The molecule has 146 valence electrons. The SMILES string of the molecule is CCc1ccc(CCC(=O)N2CCN(c3ncnc4c3cnn4C)CC2)cc1. The Hall–Kier alpha value is -2.96. The Bertz CT molecular complexity index is 957. The van der Waals surface area contributed by atoms with Crippen molar-refractivity contribution in [3.05, 3.63) is 47.9 Å². The summed E-state index contributed by atoms with van der Waals surface area (Å²) in [7, 11) is 1.88. The molecule has 0 bridgehead atoms. The van der Waals surface area contributed by atoms with E-state index in [0.717, 1.165) is 55.9 Å². The molecule has 1 aliphatic heterocycles. The quantitative estimate of drug-likeness (QED) is 0.681. The van der Waals surface area contributed by atoms with Crippen LogP contribution in [-0.4, -0.2) is 56.7 Å². The van der Waals surface area contributed by atoms with Crippen molar-refractivity contribution in [2.24, 2.45) is 7.05 Å². The van der Waals surface area contributed by atoms with Gasteiger partial charge in [-0.3, -0.25) is 9.48 Å². The lowest BCUT2D eigenvalue weighted by Gasteiger charge is -2.35. The van der Waals surface area contributed by atoms with E-state index in [-0.39, 0.29) is 5.91 Å². The average molecular weight is 378 g/mol. The summed E-state index contributed by atoms with van der Waals surface area (Å²) in [5.41, 5.74) is 3.39. The summed E-state index contributed by atoms with van der Waals surface area (Å²) in [5, 5.41) is 5.24. The maximum absolute atomic E-state index is 12.6. The standard InChI is InChI=1S/C21H26N6O/c1-3-16-4-6-17(7-5-16)8-9-19(28)26-10-12-27(13-11-26)21-18-14-24-25(2)20(18)22-15-23-21/h4-7,14-15H,3,8-13H2,1-2H3. The normalized spacial score (nSPS) is 14.6. The van der Waals surface area contributed by atoms with Crippen LogP contribution in [0.5, 0.6) is 0 Å². The zero-order chi connectivity index (χ0) is 19.5. The van der Waals surface area contributed by atoms with Crippen LogP contribution in [0.15, 0.2) is 36.8 Å². The van der Waals surface area contributed by atoms with Gasteiger partial charge >= 0.3 is 0 Å². The second-order valence-corrected chi connectivity index (χ2v) is 7.24. The first-order valence-electron chi connectivity index (χ1n) is 9.89. The summed E-state index contributed by atoms with van der Waals surface area (Å²) in [6.45, 7) is 5.15. The highest BCUT2D eigenvalue weighted by molar-refractivity contribution is 5.86. The number of fused-ring (bicyclic) bond motifs is 1. The van der Waals surface area contributed by atoms with Gasteiger partial charge in [0.15, 0.2) is 5.65 Å². The zero-order valence-corrected chi connectivity index (χ0v) is 16.5. The molecule has 3 aromatic rings. The van der Waals surface area contributed by atoms with Gasteiger partial charge in [-0.1, -0.05) is 31.2 Å². The summed E-state index contributed by atoms with van der Waals surface area (Å²) in [4.78, 5) is 25.6. The minimum Gasteiger partial charge on any atom is -0.352 e. The fourth-order valence-electron chi connectivity index (χ4n) is 3.72. The number of piperazine rings is 1. The maximum atomic E-state index is 12.6. The number of aryl methyl sites for hydroxylation is 3. The lowest BCUT2D eigenvalue weighted by Crippen LogP contribution is -2.49. The number of aromatic nitrogens is 4. The van der Waals surface area contributed by atoms with Crippen molar-refractivity contribution >= 4 is 22.8 Å². The van der Waals surface area contributed by atoms with E-state index in [9.17, 15) is 4.79 Å². The molecule has 1 aromatic carbocycles. The first-order valence-corrected chi connectivity index (χ1v) is 9.89. The zero-order valence-electron chi connectivity index (χ0n) is 16.5. The van der Waals surface area contributed by atoms with E-state index >= 15 is 0 Å². The highest BCUT2D eigenvalue weighted by atomic mass is 16.2. The molecule has 1 fully saturated rings. The summed E-state index contributed by atoms with van der Waals surface area (Å²) >= 11 is 0. The average Bonchev–Trinajstić information content (AvgIpc) is 3.13. The van der Waals surface area contributed by atoms with Crippen molar-refractivity contribution in [1.82, 2.24) is 24.6 Å². The van der Waals surface area contributed by atoms with Gasteiger partial charge in [-0.05, 0) is 24.0 Å². The van der Waals surface area contributed by atoms with Crippen molar-refractivity contribution in [3.8, 4) is 0 Å². The van der Waals surface area contributed by atoms with Crippen molar-refractivity contribution in [2.75, 3.05) is 31.1 Å². The third-order valence-corrected chi connectivity index (χ3v) is 5.50. The smallest absolute Gasteiger partial charge is 0.223 e. The van der Waals surface area contributed by atoms with Crippen LogP contribution in [0.3, 0.4) is 0 Å². The second-order valence-electron chi connectivity index (χ2n) is 7.24. The molecule has 28 heavy (non-hydrogen) atoms. The third-order valence-electron chi connectivity index (χ3n) is 5.50. The number of hydrogen-bond acceptors (Lipinski definition) is 5. The topological polar surface area (TPSA) is 67.2 Å². The molecule has 1 saturated heterocycles. The molecule has 3 heterocycles. The number of benzene rings is 1. The van der Waals surface area contributed by atoms with Gasteiger partial charge in [0.25, 0.3) is 0 Å². The monoisotopic (exact) mass is 378 g/mol. The Morgan fingerprint density at radius 3 is 2.46 bits per heavy atom. The van der Waals surface area contributed by atoms with Gasteiger partial charge in [-0.2, -0.15) is 5.10 Å². The van der Waals surface area contributed by atoms with E-state index in [1.807, 2.05) is 18.1 Å². The van der Waals surface area contributed by atoms with Crippen LogP contribution in [0.2, 0.25) is 0 Å². The Kier molecular flexibility index (Phi) is 5.23. The molecule has 0 spiro atoms. The fourth-order valence-corrected chi connectivity index (χ4v) is 3.72. The van der Waals surface area contributed by atoms with Gasteiger partial charge in [0.05, 0.1) is 11.6 Å². The van der Waals surface area contributed by atoms with Gasteiger partial charge < -0.3 is 9.80 Å². The summed E-state index contributed by atoms with van der Waals surface area (Å²) in [6, 6.07) is 8.58. The van der Waals surface area contributed by atoms with Crippen LogP contribution >= 0.6 is 0 Å². The Morgan fingerprint density at radius 2 is 1.75 bits per heavy atom. The number of rotatable bonds is 5. The van der Waals surface area contributed by atoms with Crippen LogP contribution < -0.4 is 4.90 Å². The lowest BCUT2D eigenvalue weighted by molar-refractivity contribution is -0.131. The Labute approximate surface area is 165 Å². The second kappa shape index (κ2) is 7.96. The van der Waals surface area contributed by atoms with Crippen molar-refractivity contribution in [2.45, 2.75) is 26.2 Å². The minimum absolute atomic E-state index is 0.230. The van der Waals surface area contributed by atoms with E-state index in [4.69, 9.17) is 0 Å². The molecular weight excluding hydrogens is 352 g/mol. The molecule has 1 amide bonds. The first kappa shape index (κ1) is 18.4. The Morgan fingerprint density at radius 1 is 1.04 bits per heavy atom. The highest BCUT2D eigenvalue weighted by Gasteiger charge is 2.23. The summed E-state index contributed by atoms with van der Waals surface area (Å²) in [5.74, 6) is 1.13. The molecule has 0 saturated carbocycles. The lowest BCUT2D eigenvalue weighted by atomic mass is 10.1. The molecule has 0 N–H and O–H groups in total. The maximum Gasteiger partial charge on any atom is 0.223 e. The van der Waals surface area contributed by atoms with Gasteiger partial charge in [0, 0.05) is 39.6 Å². The number of carbonyl (C=O) groups excluding carboxylic acids is 1. The van der Waals surface area contributed by atoms with Crippen LogP contribution in [0, 0.1) is 0 Å². The van der Waals surface area contributed by atoms with E-state index in [1.54, 1.807) is 11.0 Å². The number of carbonyl (C=O) groups is 1. The highest BCUT2D eigenvalue weighted by Crippen LogP contribution is 2.23. The van der Waals surface area contributed by atoms with Crippen molar-refractivity contribution < 1.29 is 4.79 Å². The molecule has 0 aliphatic carbocycles.